The highest BCUT2D eigenvalue weighted by Crippen LogP contribution is 2.24. The Morgan fingerprint density at radius 3 is 2.85 bits per heavy atom. The van der Waals surface area contributed by atoms with Crippen LogP contribution in [-0.2, 0) is 11.3 Å². The van der Waals surface area contributed by atoms with Crippen molar-refractivity contribution in [2.75, 3.05) is 6.79 Å². The maximum Gasteiger partial charge on any atom is 0.251 e. The van der Waals surface area contributed by atoms with Crippen LogP contribution in [0.25, 0.3) is 0 Å². The molecule has 110 valence electrons. The first-order chi connectivity index (χ1) is 9.56. The second-order valence-corrected chi connectivity index (χ2v) is 5.78. The summed E-state index contributed by atoms with van der Waals surface area (Å²) >= 11 is 0. The highest BCUT2D eigenvalue weighted by atomic mass is 16.7. The molecule has 0 fully saturated rings. The molecular weight excluding hydrogens is 254 g/mol. The van der Waals surface area contributed by atoms with Crippen molar-refractivity contribution in [1.29, 1.82) is 0 Å². The summed E-state index contributed by atoms with van der Waals surface area (Å²) in [4.78, 5) is 12.2. The SMILES string of the molecule is CC(C)CCC(C)NC(=O)c1ccc2c(c1)COCO2. The second kappa shape index (κ2) is 6.75. The Kier molecular flexibility index (Phi) is 5.01. The zero-order chi connectivity index (χ0) is 14.5. The molecule has 0 saturated heterocycles. The third-order valence-electron chi connectivity index (χ3n) is 3.43. The molecule has 1 N–H and O–H groups in total. The predicted molar refractivity (Wildman–Crippen MR) is 77.7 cm³/mol. The van der Waals surface area contributed by atoms with Crippen LogP contribution >= 0.6 is 0 Å². The van der Waals surface area contributed by atoms with E-state index in [1.54, 1.807) is 6.07 Å². The van der Waals surface area contributed by atoms with Gasteiger partial charge >= 0.3 is 0 Å². The largest absolute Gasteiger partial charge is 0.467 e. The van der Waals surface area contributed by atoms with Gasteiger partial charge in [0, 0.05) is 17.2 Å². The molecule has 0 aliphatic carbocycles. The summed E-state index contributed by atoms with van der Waals surface area (Å²) in [5.74, 6) is 1.43. The van der Waals surface area contributed by atoms with E-state index in [2.05, 4.69) is 19.2 Å². The minimum Gasteiger partial charge on any atom is -0.467 e. The first-order valence-corrected chi connectivity index (χ1v) is 7.20. The molecule has 0 spiro atoms. The van der Waals surface area contributed by atoms with Gasteiger partial charge in [-0.3, -0.25) is 4.79 Å². The molecule has 0 radical (unpaired) electrons. The monoisotopic (exact) mass is 277 g/mol. The first kappa shape index (κ1) is 14.9. The average molecular weight is 277 g/mol. The number of benzene rings is 1. The first-order valence-electron chi connectivity index (χ1n) is 7.20. The summed E-state index contributed by atoms with van der Waals surface area (Å²) in [5, 5.41) is 3.04. The molecule has 1 aromatic rings. The lowest BCUT2D eigenvalue weighted by Crippen LogP contribution is -2.32. The van der Waals surface area contributed by atoms with E-state index in [-0.39, 0.29) is 18.7 Å². The van der Waals surface area contributed by atoms with Crippen molar-refractivity contribution in [1.82, 2.24) is 5.32 Å². The van der Waals surface area contributed by atoms with Gasteiger partial charge in [-0.1, -0.05) is 13.8 Å². The van der Waals surface area contributed by atoms with Crippen molar-refractivity contribution in [3.63, 3.8) is 0 Å². The van der Waals surface area contributed by atoms with Crippen LogP contribution in [0.15, 0.2) is 18.2 Å². The highest BCUT2D eigenvalue weighted by Gasteiger charge is 2.15. The van der Waals surface area contributed by atoms with Gasteiger partial charge in [-0.05, 0) is 43.9 Å². The zero-order valence-corrected chi connectivity index (χ0v) is 12.4. The number of carbonyl (C=O) groups excluding carboxylic acids is 1. The lowest BCUT2D eigenvalue weighted by atomic mass is 10.0. The Labute approximate surface area is 120 Å². The number of hydrogen-bond acceptors (Lipinski definition) is 3. The summed E-state index contributed by atoms with van der Waals surface area (Å²) in [6.07, 6.45) is 2.12. The molecule has 0 aromatic heterocycles. The van der Waals surface area contributed by atoms with E-state index in [9.17, 15) is 4.79 Å². The van der Waals surface area contributed by atoms with E-state index in [4.69, 9.17) is 9.47 Å². The molecule has 1 amide bonds. The molecule has 1 aliphatic rings. The van der Waals surface area contributed by atoms with Gasteiger partial charge in [0.15, 0.2) is 6.79 Å². The molecule has 20 heavy (non-hydrogen) atoms. The zero-order valence-electron chi connectivity index (χ0n) is 12.4. The fourth-order valence-corrected chi connectivity index (χ4v) is 2.19. The Hall–Kier alpha value is -1.55. The van der Waals surface area contributed by atoms with Gasteiger partial charge < -0.3 is 14.8 Å². The van der Waals surface area contributed by atoms with E-state index in [1.165, 1.54) is 0 Å². The van der Waals surface area contributed by atoms with E-state index in [1.807, 2.05) is 19.1 Å². The van der Waals surface area contributed by atoms with Crippen LogP contribution in [0.4, 0.5) is 0 Å². The van der Waals surface area contributed by atoms with Gasteiger partial charge in [0.1, 0.15) is 5.75 Å². The van der Waals surface area contributed by atoms with E-state index in [0.29, 0.717) is 18.1 Å². The number of hydrogen-bond donors (Lipinski definition) is 1. The molecule has 0 bridgehead atoms. The fourth-order valence-electron chi connectivity index (χ4n) is 2.19. The maximum atomic E-state index is 12.2. The molecule has 1 aliphatic heterocycles. The normalized spacial score (nSPS) is 15.4. The quantitative estimate of drug-likeness (QED) is 0.899. The van der Waals surface area contributed by atoms with Crippen molar-refractivity contribution < 1.29 is 14.3 Å². The van der Waals surface area contributed by atoms with Crippen molar-refractivity contribution >= 4 is 5.91 Å². The Balaban J connectivity index is 1.95. The summed E-state index contributed by atoms with van der Waals surface area (Å²) in [6.45, 7) is 7.21. The lowest BCUT2D eigenvalue weighted by Gasteiger charge is -2.19. The van der Waals surface area contributed by atoms with Crippen LogP contribution in [0.3, 0.4) is 0 Å². The van der Waals surface area contributed by atoms with Crippen molar-refractivity contribution in [3.8, 4) is 5.75 Å². The predicted octanol–water partition coefficient (Wildman–Crippen LogP) is 3.11. The molecule has 4 heteroatoms. The maximum absolute atomic E-state index is 12.2. The van der Waals surface area contributed by atoms with Crippen LogP contribution in [0.2, 0.25) is 0 Å². The van der Waals surface area contributed by atoms with Gasteiger partial charge in [0.25, 0.3) is 5.91 Å². The van der Waals surface area contributed by atoms with Gasteiger partial charge in [0.05, 0.1) is 6.61 Å². The van der Waals surface area contributed by atoms with Gasteiger partial charge in [-0.25, -0.2) is 0 Å². The lowest BCUT2D eigenvalue weighted by molar-refractivity contribution is -0.0163. The summed E-state index contributed by atoms with van der Waals surface area (Å²) < 4.78 is 10.6. The Bertz CT molecular complexity index is 471. The molecule has 4 nitrogen and oxygen atoms in total. The van der Waals surface area contributed by atoms with E-state index < -0.39 is 0 Å². The van der Waals surface area contributed by atoms with Crippen LogP contribution in [0.5, 0.6) is 5.75 Å². The fraction of sp³-hybridized carbons (Fsp3) is 0.562. The van der Waals surface area contributed by atoms with Gasteiger partial charge in [0.2, 0.25) is 0 Å². The van der Waals surface area contributed by atoms with Crippen LogP contribution in [0, 0.1) is 5.92 Å². The third kappa shape index (κ3) is 3.97. The van der Waals surface area contributed by atoms with E-state index >= 15 is 0 Å². The topological polar surface area (TPSA) is 47.6 Å². The van der Waals surface area contributed by atoms with Crippen LogP contribution in [0.1, 0.15) is 49.5 Å². The van der Waals surface area contributed by atoms with Crippen molar-refractivity contribution in [2.24, 2.45) is 5.92 Å². The minimum atomic E-state index is -0.0328. The number of carbonyl (C=O) groups is 1. The van der Waals surface area contributed by atoms with Crippen LogP contribution < -0.4 is 10.1 Å². The number of fused-ring (bicyclic) bond motifs is 1. The van der Waals surface area contributed by atoms with Gasteiger partial charge in [-0.15, -0.1) is 0 Å². The Morgan fingerprint density at radius 2 is 2.10 bits per heavy atom. The number of nitrogens with one attached hydrogen (secondary N) is 1. The van der Waals surface area contributed by atoms with Gasteiger partial charge in [-0.2, -0.15) is 0 Å². The number of rotatable bonds is 5. The summed E-state index contributed by atoms with van der Waals surface area (Å²) in [7, 11) is 0. The molecule has 1 atom stereocenters. The molecular formula is C16H23NO3. The number of ether oxygens (including phenoxy) is 2. The van der Waals surface area contributed by atoms with E-state index in [0.717, 1.165) is 24.2 Å². The van der Waals surface area contributed by atoms with Crippen LogP contribution in [-0.4, -0.2) is 18.7 Å². The number of amides is 1. The second-order valence-electron chi connectivity index (χ2n) is 5.78. The standard InChI is InChI=1S/C16H23NO3/c1-11(2)4-5-12(3)17-16(18)13-6-7-15-14(8-13)9-19-10-20-15/h6-8,11-12H,4-5,9-10H2,1-3H3,(H,17,18). The molecule has 1 unspecified atom stereocenters. The molecule has 1 heterocycles. The smallest absolute Gasteiger partial charge is 0.251 e. The summed E-state index contributed by atoms with van der Waals surface area (Å²) in [6, 6.07) is 5.67. The minimum absolute atomic E-state index is 0.0328. The molecule has 1 aromatic carbocycles. The van der Waals surface area contributed by atoms with Crippen molar-refractivity contribution in [2.45, 2.75) is 46.3 Å². The van der Waals surface area contributed by atoms with Crippen molar-refractivity contribution in [3.05, 3.63) is 29.3 Å². The highest BCUT2D eigenvalue weighted by molar-refractivity contribution is 5.94. The molecule has 2 rings (SSSR count). The average Bonchev–Trinajstić information content (AvgIpc) is 2.44. The molecule has 0 saturated carbocycles. The Morgan fingerprint density at radius 1 is 1.30 bits per heavy atom. The third-order valence-corrected chi connectivity index (χ3v) is 3.43. The summed E-state index contributed by atoms with van der Waals surface area (Å²) in [5.41, 5.74) is 1.59.